The number of aromatic hydroxyl groups is 1. The molecule has 0 saturated carbocycles. The normalized spacial score (nSPS) is 10.5. The maximum atomic E-state index is 11.5. The molecule has 19 heavy (non-hydrogen) atoms. The zero-order chi connectivity index (χ0) is 13.8. The van der Waals surface area contributed by atoms with E-state index in [0.717, 1.165) is 0 Å². The molecule has 1 N–H and O–H groups in total. The number of azo groups is 1. The minimum Gasteiger partial charge on any atom is -0.505 e. The highest BCUT2D eigenvalue weighted by Gasteiger charge is 2.08. The second-order valence-electron chi connectivity index (χ2n) is 3.74. The van der Waals surface area contributed by atoms with E-state index >= 15 is 0 Å². The lowest BCUT2D eigenvalue weighted by Gasteiger charge is -1.97. The van der Waals surface area contributed by atoms with Crippen molar-refractivity contribution in [3.05, 3.63) is 52.1 Å². The Labute approximate surface area is 108 Å². The second-order valence-corrected chi connectivity index (χ2v) is 3.74. The van der Waals surface area contributed by atoms with Gasteiger partial charge >= 0.3 is 5.63 Å². The number of nitrogens with zero attached hydrogens (tertiary/aromatic N) is 3. The summed E-state index contributed by atoms with van der Waals surface area (Å²) in [5, 5.41) is 25.7. The minimum atomic E-state index is -0.755. The molecule has 0 bridgehead atoms. The highest BCUT2D eigenvalue weighted by molar-refractivity contribution is 5.49. The van der Waals surface area contributed by atoms with E-state index in [1.165, 1.54) is 6.07 Å². The summed E-state index contributed by atoms with van der Waals surface area (Å²) < 4.78 is 4.80. The Bertz CT molecular complexity index is 724. The Kier molecular flexibility index (Phi) is 3.39. The Morgan fingerprint density at radius 3 is 2.53 bits per heavy atom. The molecule has 0 atom stereocenters. The fourth-order valence-electron chi connectivity index (χ4n) is 1.39. The molecule has 0 saturated heterocycles. The van der Waals surface area contributed by atoms with Gasteiger partial charge in [-0.3, -0.25) is 0 Å². The molecule has 0 aliphatic carbocycles. The van der Waals surface area contributed by atoms with Gasteiger partial charge in [0.1, 0.15) is 5.76 Å². The standard InChI is InChI=1S/C13H9N3O3/c1-8-6-11(17)12(13(18)19-8)16-15-10-4-2-9(7-14)3-5-10/h2-6,17H,1H3. The molecule has 0 aliphatic heterocycles. The third-order valence-electron chi connectivity index (χ3n) is 2.29. The lowest BCUT2D eigenvalue weighted by Crippen LogP contribution is -1.98. The van der Waals surface area contributed by atoms with Gasteiger partial charge in [-0.2, -0.15) is 10.4 Å². The van der Waals surface area contributed by atoms with Crippen molar-refractivity contribution in [2.45, 2.75) is 6.92 Å². The first-order valence-electron chi connectivity index (χ1n) is 5.36. The summed E-state index contributed by atoms with van der Waals surface area (Å²) in [5.41, 5.74) is -0.0557. The molecule has 6 nitrogen and oxygen atoms in total. The zero-order valence-electron chi connectivity index (χ0n) is 9.99. The van der Waals surface area contributed by atoms with Crippen molar-refractivity contribution in [3.8, 4) is 11.8 Å². The van der Waals surface area contributed by atoms with Gasteiger partial charge in [-0.15, -0.1) is 5.11 Å². The molecular formula is C13H9N3O3. The van der Waals surface area contributed by atoms with Crippen LogP contribution >= 0.6 is 0 Å². The molecule has 1 aromatic heterocycles. The zero-order valence-corrected chi connectivity index (χ0v) is 9.99. The monoisotopic (exact) mass is 255 g/mol. The number of rotatable bonds is 2. The lowest BCUT2D eigenvalue weighted by molar-refractivity contribution is 0.437. The number of benzene rings is 1. The van der Waals surface area contributed by atoms with Gasteiger partial charge < -0.3 is 9.52 Å². The molecule has 0 amide bonds. The van der Waals surface area contributed by atoms with Crippen LogP contribution in [0.2, 0.25) is 0 Å². The lowest BCUT2D eigenvalue weighted by atomic mass is 10.2. The van der Waals surface area contributed by atoms with Crippen molar-refractivity contribution in [3.63, 3.8) is 0 Å². The summed E-state index contributed by atoms with van der Waals surface area (Å²) in [5.74, 6) is 0.00553. The molecule has 94 valence electrons. The van der Waals surface area contributed by atoms with E-state index < -0.39 is 5.63 Å². The molecule has 0 radical (unpaired) electrons. The highest BCUT2D eigenvalue weighted by Crippen LogP contribution is 2.24. The molecule has 0 aliphatic rings. The van der Waals surface area contributed by atoms with Crippen LogP contribution in [0, 0.1) is 18.3 Å². The summed E-state index contributed by atoms with van der Waals surface area (Å²) in [6, 6.07) is 9.57. The fraction of sp³-hybridized carbons (Fsp3) is 0.0769. The van der Waals surface area contributed by atoms with Crippen molar-refractivity contribution >= 4 is 11.4 Å². The minimum absolute atomic E-state index is 0.255. The molecule has 2 rings (SSSR count). The van der Waals surface area contributed by atoms with Crippen LogP contribution in [0.25, 0.3) is 0 Å². The number of hydrogen-bond donors (Lipinski definition) is 1. The molecule has 2 aromatic rings. The molecule has 0 unspecified atom stereocenters. The van der Waals surface area contributed by atoms with Crippen LogP contribution in [0.1, 0.15) is 11.3 Å². The van der Waals surface area contributed by atoms with Gasteiger partial charge in [-0.05, 0) is 31.2 Å². The summed E-state index contributed by atoms with van der Waals surface area (Å²) in [6.07, 6.45) is 0. The largest absolute Gasteiger partial charge is 0.505 e. The SMILES string of the molecule is Cc1cc(O)c(N=Nc2ccc(C#N)cc2)c(=O)o1. The predicted molar refractivity (Wildman–Crippen MR) is 66.7 cm³/mol. The summed E-state index contributed by atoms with van der Waals surface area (Å²) in [4.78, 5) is 11.5. The van der Waals surface area contributed by atoms with Crippen molar-refractivity contribution in [2.75, 3.05) is 0 Å². The van der Waals surface area contributed by atoms with Gasteiger partial charge in [0, 0.05) is 6.07 Å². The molecule has 6 heteroatoms. The van der Waals surface area contributed by atoms with Crippen LogP contribution in [-0.4, -0.2) is 5.11 Å². The molecule has 1 aromatic carbocycles. The van der Waals surface area contributed by atoms with E-state index in [4.69, 9.17) is 9.68 Å². The molecule has 0 spiro atoms. The maximum absolute atomic E-state index is 11.5. The first-order chi connectivity index (χ1) is 9.10. The predicted octanol–water partition coefficient (Wildman–Crippen LogP) is 2.94. The summed E-state index contributed by atoms with van der Waals surface area (Å²) in [6.45, 7) is 1.54. The van der Waals surface area contributed by atoms with E-state index in [1.807, 2.05) is 6.07 Å². The average Bonchev–Trinajstić information content (AvgIpc) is 2.38. The Hall–Kier alpha value is -2.94. The van der Waals surface area contributed by atoms with Gasteiger partial charge in [0.2, 0.25) is 5.69 Å². The summed E-state index contributed by atoms with van der Waals surface area (Å²) >= 11 is 0. The van der Waals surface area contributed by atoms with Crippen molar-refractivity contribution in [2.24, 2.45) is 10.2 Å². The van der Waals surface area contributed by atoms with Gasteiger partial charge in [0.05, 0.1) is 17.3 Å². The van der Waals surface area contributed by atoms with E-state index in [9.17, 15) is 9.90 Å². The van der Waals surface area contributed by atoms with Gasteiger partial charge in [-0.1, -0.05) is 0 Å². The van der Waals surface area contributed by atoms with Crippen LogP contribution in [0.3, 0.4) is 0 Å². The van der Waals surface area contributed by atoms with E-state index in [-0.39, 0.29) is 11.4 Å². The van der Waals surface area contributed by atoms with Crippen LogP contribution in [0.15, 0.2) is 49.8 Å². The van der Waals surface area contributed by atoms with Gasteiger partial charge in [-0.25, -0.2) is 4.79 Å². The smallest absolute Gasteiger partial charge is 0.367 e. The number of hydrogen-bond acceptors (Lipinski definition) is 6. The third kappa shape index (κ3) is 2.84. The molecular weight excluding hydrogens is 246 g/mol. The molecule has 1 heterocycles. The van der Waals surface area contributed by atoms with Crippen LogP contribution < -0.4 is 5.63 Å². The highest BCUT2D eigenvalue weighted by atomic mass is 16.4. The maximum Gasteiger partial charge on any atom is 0.367 e. The first-order valence-corrected chi connectivity index (χ1v) is 5.36. The van der Waals surface area contributed by atoms with Crippen LogP contribution in [0.5, 0.6) is 5.75 Å². The first kappa shape index (κ1) is 12.5. The molecule has 0 fully saturated rings. The second kappa shape index (κ2) is 5.14. The Morgan fingerprint density at radius 1 is 1.26 bits per heavy atom. The Morgan fingerprint density at radius 2 is 1.95 bits per heavy atom. The van der Waals surface area contributed by atoms with E-state index in [0.29, 0.717) is 17.0 Å². The third-order valence-corrected chi connectivity index (χ3v) is 2.29. The van der Waals surface area contributed by atoms with Crippen molar-refractivity contribution in [1.29, 1.82) is 5.26 Å². The van der Waals surface area contributed by atoms with Gasteiger partial charge in [0.15, 0.2) is 5.75 Å². The van der Waals surface area contributed by atoms with Gasteiger partial charge in [0.25, 0.3) is 0 Å². The quantitative estimate of drug-likeness (QED) is 0.834. The van der Waals surface area contributed by atoms with E-state index in [2.05, 4.69) is 10.2 Å². The summed E-state index contributed by atoms with van der Waals surface area (Å²) in [7, 11) is 0. The fourth-order valence-corrected chi connectivity index (χ4v) is 1.39. The van der Waals surface area contributed by atoms with Crippen LogP contribution in [-0.2, 0) is 0 Å². The topological polar surface area (TPSA) is 99.0 Å². The number of aryl methyl sites for hydroxylation is 1. The Balaban J connectivity index is 2.33. The van der Waals surface area contributed by atoms with Crippen molar-refractivity contribution < 1.29 is 9.52 Å². The number of nitriles is 1. The van der Waals surface area contributed by atoms with Crippen LogP contribution in [0.4, 0.5) is 11.4 Å². The van der Waals surface area contributed by atoms with E-state index in [1.54, 1.807) is 31.2 Å². The average molecular weight is 255 g/mol. The van der Waals surface area contributed by atoms with Crippen molar-refractivity contribution in [1.82, 2.24) is 0 Å².